The van der Waals surface area contributed by atoms with Crippen LogP contribution in [-0.4, -0.2) is 31.1 Å². The molecule has 0 bridgehead atoms. The molecular weight excluding hydrogens is 354 g/mol. The van der Waals surface area contributed by atoms with Crippen molar-refractivity contribution in [3.8, 4) is 0 Å². The largest absolute Gasteiger partial charge is 0.462 e. The van der Waals surface area contributed by atoms with E-state index in [1.807, 2.05) is 13.8 Å². The van der Waals surface area contributed by atoms with Crippen LogP contribution in [0.5, 0.6) is 0 Å². The summed E-state index contributed by atoms with van der Waals surface area (Å²) in [5.74, 6) is -0.654. The highest BCUT2D eigenvalue weighted by atomic mass is 32.1. The van der Waals surface area contributed by atoms with Crippen LogP contribution in [-0.2, 0) is 19.1 Å². The van der Waals surface area contributed by atoms with E-state index in [0.29, 0.717) is 22.9 Å². The molecule has 0 unspecified atom stereocenters. The second-order valence-corrected chi connectivity index (χ2v) is 7.91. The van der Waals surface area contributed by atoms with E-state index in [2.05, 4.69) is 5.32 Å². The Kier molecular flexibility index (Phi) is 7.63. The number of amides is 1. The van der Waals surface area contributed by atoms with Gasteiger partial charge in [0.2, 0.25) is 0 Å². The highest BCUT2D eigenvalue weighted by Crippen LogP contribution is 2.33. The topological polar surface area (TPSA) is 81.7 Å². The number of rotatable bonds is 8. The van der Waals surface area contributed by atoms with Gasteiger partial charge < -0.3 is 14.8 Å². The maximum absolute atomic E-state index is 12.1. The first-order valence-electron chi connectivity index (χ1n) is 9.17. The molecule has 0 radical (unpaired) electrons. The second-order valence-electron chi connectivity index (χ2n) is 6.83. The van der Waals surface area contributed by atoms with Crippen molar-refractivity contribution in [2.45, 2.75) is 58.8 Å². The summed E-state index contributed by atoms with van der Waals surface area (Å²) in [6, 6.07) is 1.75. The van der Waals surface area contributed by atoms with Crippen molar-refractivity contribution in [2.24, 2.45) is 5.92 Å². The summed E-state index contributed by atoms with van der Waals surface area (Å²) in [5.41, 5.74) is 0.339. The molecule has 6 nitrogen and oxygen atoms in total. The van der Waals surface area contributed by atoms with E-state index < -0.39 is 11.9 Å². The predicted molar refractivity (Wildman–Crippen MR) is 101 cm³/mol. The summed E-state index contributed by atoms with van der Waals surface area (Å²) in [6.45, 7) is 5.67. The first kappa shape index (κ1) is 20.4. The first-order chi connectivity index (χ1) is 12.4. The zero-order chi connectivity index (χ0) is 19.1. The Morgan fingerprint density at radius 2 is 1.92 bits per heavy atom. The van der Waals surface area contributed by atoms with Gasteiger partial charge in [0, 0.05) is 11.3 Å². The van der Waals surface area contributed by atoms with Gasteiger partial charge in [-0.1, -0.05) is 26.7 Å². The van der Waals surface area contributed by atoms with Crippen LogP contribution in [0.4, 0.5) is 5.00 Å². The molecule has 0 aliphatic heterocycles. The minimum Gasteiger partial charge on any atom is -0.462 e. The molecule has 0 aromatic carbocycles. The molecule has 0 spiro atoms. The van der Waals surface area contributed by atoms with Crippen molar-refractivity contribution in [3.63, 3.8) is 0 Å². The molecule has 0 atom stereocenters. The molecule has 144 valence electrons. The number of ether oxygens (including phenoxy) is 2. The number of hydrogen-bond donors (Lipinski definition) is 1. The van der Waals surface area contributed by atoms with E-state index in [1.165, 1.54) is 11.3 Å². The number of carbonyl (C=O) groups is 3. The van der Waals surface area contributed by atoms with Crippen LogP contribution in [0.15, 0.2) is 6.07 Å². The van der Waals surface area contributed by atoms with Crippen molar-refractivity contribution in [3.05, 3.63) is 16.5 Å². The highest BCUT2D eigenvalue weighted by Gasteiger charge is 2.22. The molecule has 1 aliphatic rings. The Morgan fingerprint density at radius 1 is 1.23 bits per heavy atom. The fraction of sp³-hybridized carbons (Fsp3) is 0.632. The minimum atomic E-state index is -0.468. The maximum atomic E-state index is 12.1. The van der Waals surface area contributed by atoms with Crippen molar-refractivity contribution < 1.29 is 23.9 Å². The lowest BCUT2D eigenvalue weighted by Crippen LogP contribution is -2.22. The number of hydrogen-bond acceptors (Lipinski definition) is 6. The third kappa shape index (κ3) is 5.83. The van der Waals surface area contributed by atoms with Crippen LogP contribution in [0.3, 0.4) is 0 Å². The monoisotopic (exact) mass is 381 g/mol. The second kappa shape index (κ2) is 9.71. The Hall–Kier alpha value is -1.89. The van der Waals surface area contributed by atoms with Gasteiger partial charge >= 0.3 is 11.9 Å². The number of carbonyl (C=O) groups excluding carboxylic acids is 3. The van der Waals surface area contributed by atoms with Crippen molar-refractivity contribution in [1.82, 2.24) is 0 Å². The van der Waals surface area contributed by atoms with Crippen LogP contribution >= 0.6 is 11.3 Å². The summed E-state index contributed by atoms with van der Waals surface area (Å²) in [6.07, 6.45) is 4.80. The SMILES string of the molecule is CCOC(=O)c1cc(C(C)C)sc1NC(=O)COC(=O)CC1CCCC1. The van der Waals surface area contributed by atoms with Gasteiger partial charge in [0.1, 0.15) is 5.00 Å². The molecule has 1 aromatic heterocycles. The van der Waals surface area contributed by atoms with Crippen molar-refractivity contribution in [1.29, 1.82) is 0 Å². The Labute approximate surface area is 158 Å². The Bertz CT molecular complexity index is 646. The molecule has 0 saturated heterocycles. The third-order valence-corrected chi connectivity index (χ3v) is 5.71. The third-order valence-electron chi connectivity index (χ3n) is 4.36. The highest BCUT2D eigenvalue weighted by molar-refractivity contribution is 7.16. The lowest BCUT2D eigenvalue weighted by molar-refractivity contribution is -0.148. The van der Waals surface area contributed by atoms with Crippen LogP contribution in [0.1, 0.15) is 74.0 Å². The average molecular weight is 381 g/mol. The van der Waals surface area contributed by atoms with Gasteiger partial charge in [-0.05, 0) is 37.7 Å². The van der Waals surface area contributed by atoms with E-state index in [1.54, 1.807) is 13.0 Å². The molecule has 26 heavy (non-hydrogen) atoms. The minimum absolute atomic E-state index is 0.225. The molecule has 1 N–H and O–H groups in total. The van der Waals surface area contributed by atoms with Crippen molar-refractivity contribution >= 4 is 34.2 Å². The summed E-state index contributed by atoms with van der Waals surface area (Å²) in [4.78, 5) is 37.0. The lowest BCUT2D eigenvalue weighted by Gasteiger charge is -2.09. The van der Waals surface area contributed by atoms with E-state index in [0.717, 1.165) is 30.6 Å². The van der Waals surface area contributed by atoms with Gasteiger partial charge in [0.05, 0.1) is 12.2 Å². The summed E-state index contributed by atoms with van der Waals surface area (Å²) in [7, 11) is 0. The summed E-state index contributed by atoms with van der Waals surface area (Å²) < 4.78 is 10.1. The first-order valence-corrected chi connectivity index (χ1v) is 9.98. The van der Waals surface area contributed by atoms with Gasteiger partial charge in [-0.25, -0.2) is 4.79 Å². The van der Waals surface area contributed by atoms with Crippen LogP contribution in [0.2, 0.25) is 0 Å². The Morgan fingerprint density at radius 3 is 2.54 bits per heavy atom. The average Bonchev–Trinajstić information content (AvgIpc) is 3.23. The fourth-order valence-electron chi connectivity index (χ4n) is 2.97. The molecule has 1 fully saturated rings. The van der Waals surface area contributed by atoms with Gasteiger partial charge in [-0.2, -0.15) is 0 Å². The number of thiophene rings is 1. The summed E-state index contributed by atoms with van der Waals surface area (Å²) in [5, 5.41) is 3.11. The molecule has 1 amide bonds. The zero-order valence-corrected chi connectivity index (χ0v) is 16.4. The van der Waals surface area contributed by atoms with Crippen LogP contribution < -0.4 is 5.32 Å². The quantitative estimate of drug-likeness (QED) is 0.685. The molecule has 7 heteroatoms. The van der Waals surface area contributed by atoms with Gasteiger partial charge in [0.25, 0.3) is 5.91 Å². The molecule has 1 aliphatic carbocycles. The van der Waals surface area contributed by atoms with E-state index >= 15 is 0 Å². The predicted octanol–water partition coefficient (Wildman–Crippen LogP) is 4.11. The van der Waals surface area contributed by atoms with Crippen LogP contribution in [0.25, 0.3) is 0 Å². The number of anilines is 1. The smallest absolute Gasteiger partial charge is 0.341 e. The standard InChI is InChI=1S/C19H27NO5S/c1-4-24-19(23)14-10-15(12(2)3)26-18(14)20-16(21)11-25-17(22)9-13-7-5-6-8-13/h10,12-13H,4-9,11H2,1-3H3,(H,20,21). The van der Waals surface area contributed by atoms with Crippen molar-refractivity contribution in [2.75, 3.05) is 18.5 Å². The number of nitrogens with one attached hydrogen (secondary N) is 1. The van der Waals surface area contributed by atoms with Gasteiger partial charge in [-0.15, -0.1) is 11.3 Å². The number of esters is 2. The normalized spacial score (nSPS) is 14.5. The molecule has 1 heterocycles. The Balaban J connectivity index is 1.92. The molecule has 1 aromatic rings. The lowest BCUT2D eigenvalue weighted by atomic mass is 10.1. The summed E-state index contributed by atoms with van der Waals surface area (Å²) >= 11 is 1.34. The zero-order valence-electron chi connectivity index (χ0n) is 15.6. The molecular formula is C19H27NO5S. The van der Waals surface area contributed by atoms with E-state index in [9.17, 15) is 14.4 Å². The molecule has 2 rings (SSSR count). The van der Waals surface area contributed by atoms with Gasteiger partial charge in [0.15, 0.2) is 6.61 Å². The van der Waals surface area contributed by atoms with E-state index in [-0.39, 0.29) is 25.1 Å². The fourth-order valence-corrected chi connectivity index (χ4v) is 4.03. The maximum Gasteiger partial charge on any atom is 0.341 e. The molecule has 1 saturated carbocycles. The van der Waals surface area contributed by atoms with E-state index in [4.69, 9.17) is 9.47 Å². The van der Waals surface area contributed by atoms with Crippen LogP contribution in [0, 0.1) is 5.92 Å². The van der Waals surface area contributed by atoms with Gasteiger partial charge in [-0.3, -0.25) is 9.59 Å².